The van der Waals surface area contributed by atoms with E-state index in [1.54, 1.807) is 93.8 Å². The fraction of sp³-hybridized carbons (Fsp3) is 0.369. The molecule has 16 rings (SSSR count). The van der Waals surface area contributed by atoms with E-state index in [-0.39, 0.29) is 54.0 Å². The van der Waals surface area contributed by atoms with Crippen molar-refractivity contribution in [3.8, 4) is 23.0 Å². The number of hydrogen-bond acceptors (Lipinski definition) is 32. The number of halogens is 8. The molecule has 51 heteroatoms. The lowest BCUT2D eigenvalue weighted by atomic mass is 10.1. The van der Waals surface area contributed by atoms with E-state index < -0.39 is 225 Å². The molecule has 4 aromatic carbocycles. The number of nitrogens with one attached hydrogen (secondary N) is 4. The number of benzene rings is 4. The summed E-state index contributed by atoms with van der Waals surface area (Å²) in [7, 11) is -17.7. The van der Waals surface area contributed by atoms with Crippen molar-refractivity contribution in [2.24, 2.45) is 0 Å². The second-order valence-corrected chi connectivity index (χ2v) is 31.6. The Kier molecular flexibility index (Phi) is 21.9. The molecule has 1 amide bonds. The van der Waals surface area contributed by atoms with Crippen LogP contribution >= 0.6 is 31.3 Å². The molecule has 0 saturated carbocycles. The lowest BCUT2D eigenvalue weighted by Gasteiger charge is -2.33. The summed E-state index contributed by atoms with van der Waals surface area (Å²) >= 11 is 0. The number of H-pyrrole nitrogens is 3. The lowest BCUT2D eigenvalue weighted by Crippen LogP contribution is -2.46. The molecule has 39 nitrogen and oxygen atoms in total. The maximum atomic E-state index is 15.6. The summed E-state index contributed by atoms with van der Waals surface area (Å²) in [4.78, 5) is 85.8. The Balaban J connectivity index is 0.000000140. The fourth-order valence-electron chi connectivity index (χ4n) is 11.4. The van der Waals surface area contributed by atoms with Crippen LogP contribution in [-0.4, -0.2) is 140 Å². The molecule has 116 heavy (non-hydrogen) atoms. The number of carbonyl (C=O) groups excluding carboxylic acids is 1. The number of phosphoric ester groups is 4. The molecule has 0 bridgehead atoms. The minimum Gasteiger partial charge on any atom is -0.404 e. The molecule has 0 aliphatic carbocycles. The highest BCUT2D eigenvalue weighted by Crippen LogP contribution is 2.60. The minimum atomic E-state index is -4.68. The molecule has 4 saturated heterocycles. The summed E-state index contributed by atoms with van der Waals surface area (Å²) < 4.78 is 295. The van der Waals surface area contributed by atoms with Crippen LogP contribution in [0.4, 0.5) is 35.1 Å². The Bertz CT molecular complexity index is 5930. The summed E-state index contributed by atoms with van der Waals surface area (Å²) in [5.74, 6) is -19.2. The Morgan fingerprint density at radius 1 is 0.457 bits per heavy atom. The molecule has 12 heterocycles. The highest BCUT2D eigenvalue weighted by molar-refractivity contribution is 7.49. The smallest absolute Gasteiger partial charge is 0.404 e. The first-order valence-electron chi connectivity index (χ1n) is 36.2. The average Bonchev–Trinajstić information content (AvgIpc) is 1.57. The topological polar surface area (TPSA) is 494 Å². The van der Waals surface area contributed by atoms with E-state index in [1.807, 2.05) is 5.32 Å². The Labute approximate surface area is 650 Å². The van der Waals surface area contributed by atoms with Gasteiger partial charge in [0.2, 0.25) is 46.7 Å². The Morgan fingerprint density at radius 3 is 1.18 bits per heavy atom. The monoisotopic (exact) mass is 1730 g/mol. The number of fused-ring (bicyclic) bond motifs is 4. The van der Waals surface area contributed by atoms with Gasteiger partial charge in [-0.25, -0.2) is 50.2 Å². The third-order valence-electron chi connectivity index (χ3n) is 16.9. The van der Waals surface area contributed by atoms with Gasteiger partial charge in [0.1, 0.15) is 79.6 Å². The zero-order valence-electron chi connectivity index (χ0n) is 64.2. The van der Waals surface area contributed by atoms with Crippen LogP contribution in [0.2, 0.25) is 0 Å². The SMILES string of the molecule is O=c1[nH]c(=O)n([C@@H]2O[C@](F)(COP3(=O)OCc4ccccc4O3)C[C@H]2O)cc1F.[2H]C([2H])(OP1(=O)OCc2ccccc2O1)[C@]1(F)C[C@@H](O)[C@H](n2cc(F)c(=O)[nH]c2=O)O1.[2H]C([2H])(OP1(=O)OCc2ccccc2O1)[C@]1(F)C[C@@H](O)[C@]([2H])(N2C=C(F)C(=O)NC2=C)O1.[2H][C@@]1(n2cc(F)c(=O)[nH]c2=O)O[C@](F)(COP2(=O)OCc3ccccc3O2)C[C@H]1O. The summed E-state index contributed by atoms with van der Waals surface area (Å²) in [5.41, 5.74) is -5.38. The maximum absolute atomic E-state index is 15.6. The van der Waals surface area contributed by atoms with Gasteiger partial charge in [-0.05, 0) is 24.3 Å². The highest BCUT2D eigenvalue weighted by atomic mass is 31.2. The summed E-state index contributed by atoms with van der Waals surface area (Å²) in [6.45, 7) is -6.48. The lowest BCUT2D eigenvalue weighted by molar-refractivity contribution is -0.184. The van der Waals surface area contributed by atoms with Crippen molar-refractivity contribution in [1.29, 1.82) is 0 Å². The number of para-hydroxylation sites is 4. The molecule has 7 aromatic rings. The number of aliphatic hydroxyl groups is 4. The zero-order valence-corrected chi connectivity index (χ0v) is 61.8. The molecule has 624 valence electrons. The van der Waals surface area contributed by atoms with Gasteiger partial charge in [-0.2, -0.15) is 17.6 Å². The normalized spacial score (nSPS) is 34.3. The van der Waals surface area contributed by atoms with Gasteiger partial charge in [-0.1, -0.05) is 79.4 Å². The van der Waals surface area contributed by atoms with Gasteiger partial charge in [0.25, 0.3) is 22.6 Å². The highest BCUT2D eigenvalue weighted by Gasteiger charge is 2.56. The van der Waals surface area contributed by atoms with Gasteiger partial charge >= 0.3 is 48.4 Å². The molecule has 4 fully saturated rings. The number of hydrogen-bond donors (Lipinski definition) is 8. The number of amides is 1. The van der Waals surface area contributed by atoms with Gasteiger partial charge in [0.15, 0.2) is 24.9 Å². The van der Waals surface area contributed by atoms with E-state index in [4.69, 9.17) is 81.5 Å². The number of rotatable bonds is 16. The molecule has 9 aliphatic heterocycles. The summed E-state index contributed by atoms with van der Waals surface area (Å²) in [5, 5.41) is 42.6. The molecule has 9 aliphatic rings. The molecule has 4 unspecified atom stereocenters. The van der Waals surface area contributed by atoms with Crippen LogP contribution in [0.1, 0.15) is 74.8 Å². The standard InChI is InChI=1S/C17H17F2N2O7P.3C16H15F2N2O8P/c1-10-20-15(23)12(18)7-21(10)16-13(22)6-17(19,27-16)9-26-29(24)25-8-11-4-2-3-5-14(11)28-29;3*17-10-6-20(15(23)19-13(10)22)14-11(21)5-16(18,27-14)8-26-29(24)25-7-9-3-1-2-4-12(9)28-29/h2-5,7,13,16,22H,1,6,8-9H2,(H,20,23);3*1-4,6,11,14,21H,5,7-8H2,(H,19,22,23)/t13-,16-,17+,29?;3*11-,14-,16+,29?/m1111/s1/i9D2,16D;14D;8D2;. The second kappa shape index (κ2) is 33.2. The first-order valence-corrected chi connectivity index (χ1v) is 39.0. The van der Waals surface area contributed by atoms with Gasteiger partial charge in [-0.15, -0.1) is 0 Å². The van der Waals surface area contributed by atoms with Crippen molar-refractivity contribution >= 4 is 37.2 Å². The molecule has 0 spiro atoms. The predicted molar refractivity (Wildman–Crippen MR) is 367 cm³/mol. The van der Waals surface area contributed by atoms with Gasteiger partial charge in [0.05, 0.1) is 53.2 Å². The first kappa shape index (κ1) is 76.6. The number of aliphatic hydroxyl groups excluding tert-OH is 4. The van der Waals surface area contributed by atoms with Crippen LogP contribution in [-0.2, 0) is 105 Å². The van der Waals surface area contributed by atoms with Crippen LogP contribution in [0, 0.1) is 17.5 Å². The number of phosphoric acid groups is 4. The fourth-order valence-corrected chi connectivity index (χ4v) is 16.1. The number of nitrogens with zero attached hydrogens (tertiary/aromatic N) is 4. The molecule has 16 atom stereocenters. The van der Waals surface area contributed by atoms with Crippen LogP contribution < -0.4 is 57.2 Å². The average molecular weight is 1730 g/mol. The summed E-state index contributed by atoms with van der Waals surface area (Å²) in [6.07, 6.45) is -18.9. The predicted octanol–water partition coefficient (Wildman–Crippen LogP) is 6.27. The second-order valence-electron chi connectivity index (χ2n) is 25.4. The quantitative estimate of drug-likeness (QED) is 0.0390. The minimum absolute atomic E-state index is 0.0778. The molecule has 0 radical (unpaired) electrons. The van der Waals surface area contributed by atoms with Gasteiger partial charge in [0, 0.05) is 54.1 Å². The van der Waals surface area contributed by atoms with Gasteiger partial charge in [-0.3, -0.25) is 84.0 Å². The first-order chi connectivity index (χ1) is 56.9. The zero-order chi connectivity index (χ0) is 88.7. The number of aromatic amines is 3. The van der Waals surface area contributed by atoms with Crippen LogP contribution in [0.15, 0.2) is 169 Å². The Morgan fingerprint density at radius 2 is 0.767 bits per heavy atom. The maximum Gasteiger partial charge on any atom is 0.530 e. The molecule has 3 aromatic heterocycles. The summed E-state index contributed by atoms with van der Waals surface area (Å²) in [6, 6.07) is 25.6. The van der Waals surface area contributed by atoms with E-state index in [0.717, 1.165) is 0 Å². The van der Waals surface area contributed by atoms with E-state index in [0.29, 0.717) is 61.1 Å². The largest absolute Gasteiger partial charge is 0.530 e. The van der Waals surface area contributed by atoms with Gasteiger partial charge < -0.3 is 67.7 Å². The van der Waals surface area contributed by atoms with E-state index in [1.165, 1.54) is 18.2 Å². The van der Waals surface area contributed by atoms with E-state index in [2.05, 4.69) is 6.58 Å². The van der Waals surface area contributed by atoms with E-state index >= 15 is 17.6 Å². The third kappa shape index (κ3) is 19.1. The van der Waals surface area contributed by atoms with Crippen molar-refractivity contribution in [3.63, 3.8) is 0 Å². The number of aromatic nitrogens is 6. The van der Waals surface area contributed by atoms with Crippen LogP contribution in [0.3, 0.4) is 0 Å². The van der Waals surface area contributed by atoms with Crippen LogP contribution in [0.25, 0.3) is 0 Å². The molecular weight excluding hydrogens is 1660 g/mol. The Hall–Kier alpha value is -9.41. The van der Waals surface area contributed by atoms with Crippen molar-refractivity contribution < 1.29 is 160 Å². The number of carbonyl (C=O) groups is 1. The number of ether oxygens (including phenoxy) is 4. The van der Waals surface area contributed by atoms with Crippen molar-refractivity contribution in [1.82, 2.24) is 38.9 Å². The van der Waals surface area contributed by atoms with Crippen molar-refractivity contribution in [2.45, 2.75) is 125 Å². The number of alkyl halides is 4. The molecule has 8 N–H and O–H groups in total. The van der Waals surface area contributed by atoms with Crippen LogP contribution in [0.5, 0.6) is 23.0 Å². The molecular formula is C65H62F8N8O31P4. The van der Waals surface area contributed by atoms with E-state index in [9.17, 15) is 89.8 Å². The van der Waals surface area contributed by atoms with Crippen molar-refractivity contribution in [3.05, 3.63) is 242 Å². The third-order valence-corrected chi connectivity index (χ3v) is 21.9. The van der Waals surface area contributed by atoms with Crippen molar-refractivity contribution in [2.75, 3.05) is 26.3 Å².